The van der Waals surface area contributed by atoms with Crippen LogP contribution in [0.25, 0.3) is 11.5 Å². The molecule has 0 aliphatic carbocycles. The third-order valence-electron chi connectivity index (χ3n) is 3.11. The lowest BCUT2D eigenvalue weighted by Crippen LogP contribution is -2.26. The minimum absolute atomic E-state index is 0.709. The van der Waals surface area contributed by atoms with Gasteiger partial charge in [0.2, 0.25) is 0 Å². The van der Waals surface area contributed by atoms with Gasteiger partial charge in [-0.3, -0.25) is 4.98 Å². The Labute approximate surface area is 114 Å². The summed E-state index contributed by atoms with van der Waals surface area (Å²) in [5, 5.41) is 3.35. The Balaban J connectivity index is 2.14. The zero-order valence-electron chi connectivity index (χ0n) is 10.1. The summed E-state index contributed by atoms with van der Waals surface area (Å²) in [5.74, 6) is 0.709. The molecule has 0 saturated carbocycles. The molecule has 0 bridgehead atoms. The van der Waals surface area contributed by atoms with Crippen molar-refractivity contribution in [2.24, 2.45) is 0 Å². The molecule has 0 amide bonds. The van der Waals surface area contributed by atoms with Crippen LogP contribution in [0.2, 0.25) is 0 Å². The van der Waals surface area contributed by atoms with Crippen LogP contribution < -0.4 is 5.32 Å². The van der Waals surface area contributed by atoms with Crippen molar-refractivity contribution in [3.63, 3.8) is 0 Å². The first-order valence-electron chi connectivity index (χ1n) is 5.93. The van der Waals surface area contributed by atoms with E-state index in [1.807, 2.05) is 19.1 Å². The summed E-state index contributed by atoms with van der Waals surface area (Å²) in [4.78, 5) is 13.6. The fraction of sp³-hybridized carbons (Fsp3) is 0.308. The van der Waals surface area contributed by atoms with Gasteiger partial charge in [-0.05, 0) is 35.0 Å². The van der Waals surface area contributed by atoms with Gasteiger partial charge >= 0.3 is 0 Å². The number of hydrogen-bond acceptors (Lipinski definition) is 4. The summed E-state index contributed by atoms with van der Waals surface area (Å²) in [5.41, 5.74) is 4.23. The molecule has 3 rings (SSSR count). The topological polar surface area (TPSA) is 50.7 Å². The van der Waals surface area contributed by atoms with E-state index in [0.29, 0.717) is 5.82 Å². The second-order valence-electron chi connectivity index (χ2n) is 4.32. The minimum atomic E-state index is 0.709. The smallest absolute Gasteiger partial charge is 0.179 e. The first-order valence-corrected chi connectivity index (χ1v) is 6.73. The largest absolute Gasteiger partial charge is 0.312 e. The molecule has 0 atom stereocenters. The summed E-state index contributed by atoms with van der Waals surface area (Å²) in [6.45, 7) is 3.88. The van der Waals surface area contributed by atoms with Crippen LogP contribution in [-0.4, -0.2) is 21.5 Å². The van der Waals surface area contributed by atoms with Gasteiger partial charge in [-0.15, -0.1) is 0 Å². The Morgan fingerprint density at radius 3 is 3.06 bits per heavy atom. The number of fused-ring (bicyclic) bond motifs is 1. The van der Waals surface area contributed by atoms with E-state index in [1.165, 1.54) is 5.56 Å². The number of hydrogen-bond donors (Lipinski definition) is 1. The number of pyridine rings is 1. The van der Waals surface area contributed by atoms with Crippen molar-refractivity contribution >= 4 is 15.9 Å². The molecule has 4 nitrogen and oxygen atoms in total. The van der Waals surface area contributed by atoms with Gasteiger partial charge < -0.3 is 5.32 Å². The highest BCUT2D eigenvalue weighted by Gasteiger charge is 2.17. The molecule has 0 fully saturated rings. The normalized spacial score (nSPS) is 14.3. The predicted octanol–water partition coefficient (Wildman–Crippen LogP) is 2.26. The Kier molecular flexibility index (Phi) is 3.09. The quantitative estimate of drug-likeness (QED) is 0.878. The van der Waals surface area contributed by atoms with Crippen LogP contribution in [0.1, 0.15) is 17.0 Å². The first kappa shape index (κ1) is 11.7. The van der Waals surface area contributed by atoms with Crippen molar-refractivity contribution in [3.8, 4) is 11.5 Å². The number of rotatable bonds is 1. The van der Waals surface area contributed by atoms with Crippen LogP contribution in [0, 0.1) is 6.92 Å². The number of aryl methyl sites for hydroxylation is 1. The van der Waals surface area contributed by atoms with E-state index in [-0.39, 0.29) is 0 Å². The standard InChI is InChI=1S/C13H13BrN4/c1-8-9-7-15-6-4-11(9)18-13(17-8)12-10(14)3-2-5-16-12/h2-3,5,15H,4,6-7H2,1H3. The fourth-order valence-corrected chi connectivity index (χ4v) is 2.60. The molecule has 3 heterocycles. The van der Waals surface area contributed by atoms with E-state index >= 15 is 0 Å². The lowest BCUT2D eigenvalue weighted by Gasteiger charge is -2.18. The van der Waals surface area contributed by atoms with Crippen LogP contribution in [0.4, 0.5) is 0 Å². The summed E-state index contributed by atoms with van der Waals surface area (Å²) >= 11 is 3.50. The van der Waals surface area contributed by atoms with Gasteiger partial charge in [-0.1, -0.05) is 0 Å². The van der Waals surface area contributed by atoms with Gasteiger partial charge in [0.15, 0.2) is 5.82 Å². The van der Waals surface area contributed by atoms with Crippen molar-refractivity contribution in [3.05, 3.63) is 39.8 Å². The van der Waals surface area contributed by atoms with Crippen molar-refractivity contribution in [2.45, 2.75) is 19.9 Å². The van der Waals surface area contributed by atoms with Gasteiger partial charge in [0.1, 0.15) is 5.69 Å². The zero-order valence-corrected chi connectivity index (χ0v) is 11.7. The van der Waals surface area contributed by atoms with Gasteiger partial charge in [-0.2, -0.15) is 0 Å². The van der Waals surface area contributed by atoms with Gasteiger partial charge in [0, 0.05) is 41.4 Å². The van der Waals surface area contributed by atoms with Gasteiger partial charge in [-0.25, -0.2) is 9.97 Å². The molecule has 1 aliphatic rings. The van der Waals surface area contributed by atoms with E-state index in [4.69, 9.17) is 0 Å². The molecule has 0 unspecified atom stereocenters. The van der Waals surface area contributed by atoms with Crippen molar-refractivity contribution in [1.82, 2.24) is 20.3 Å². The molecule has 0 saturated heterocycles. The molecule has 18 heavy (non-hydrogen) atoms. The summed E-state index contributed by atoms with van der Waals surface area (Å²) < 4.78 is 0.929. The molecule has 1 aliphatic heterocycles. The highest BCUT2D eigenvalue weighted by molar-refractivity contribution is 9.10. The van der Waals surface area contributed by atoms with Crippen LogP contribution >= 0.6 is 15.9 Å². The van der Waals surface area contributed by atoms with Crippen LogP contribution in [0.3, 0.4) is 0 Å². The van der Waals surface area contributed by atoms with Crippen molar-refractivity contribution in [2.75, 3.05) is 6.54 Å². The Morgan fingerprint density at radius 2 is 2.22 bits per heavy atom. The molecule has 2 aromatic heterocycles. The average molecular weight is 305 g/mol. The number of aromatic nitrogens is 3. The van der Waals surface area contributed by atoms with Gasteiger partial charge in [0.25, 0.3) is 0 Å². The molecule has 2 aromatic rings. The van der Waals surface area contributed by atoms with Gasteiger partial charge in [0.05, 0.1) is 5.69 Å². The van der Waals surface area contributed by atoms with E-state index in [1.54, 1.807) is 6.20 Å². The molecule has 0 aromatic carbocycles. The highest BCUT2D eigenvalue weighted by atomic mass is 79.9. The number of nitrogens with one attached hydrogen (secondary N) is 1. The van der Waals surface area contributed by atoms with Crippen LogP contribution in [0.5, 0.6) is 0 Å². The van der Waals surface area contributed by atoms with E-state index in [9.17, 15) is 0 Å². The summed E-state index contributed by atoms with van der Waals surface area (Å²) in [6, 6.07) is 3.85. The van der Waals surface area contributed by atoms with Crippen LogP contribution in [0.15, 0.2) is 22.8 Å². The lowest BCUT2D eigenvalue weighted by molar-refractivity contribution is 0.621. The van der Waals surface area contributed by atoms with E-state index in [0.717, 1.165) is 41.1 Å². The summed E-state index contributed by atoms with van der Waals surface area (Å²) in [7, 11) is 0. The van der Waals surface area contributed by atoms with E-state index in [2.05, 4.69) is 36.2 Å². The average Bonchev–Trinajstić information content (AvgIpc) is 2.39. The third kappa shape index (κ3) is 2.04. The Hall–Kier alpha value is -1.33. The Bertz CT molecular complexity index is 598. The molecular weight excluding hydrogens is 292 g/mol. The Morgan fingerprint density at radius 1 is 1.33 bits per heavy atom. The lowest BCUT2D eigenvalue weighted by atomic mass is 10.1. The fourth-order valence-electron chi connectivity index (χ4n) is 2.17. The predicted molar refractivity (Wildman–Crippen MR) is 73.1 cm³/mol. The molecule has 92 valence electrons. The van der Waals surface area contributed by atoms with Crippen molar-refractivity contribution < 1.29 is 0 Å². The minimum Gasteiger partial charge on any atom is -0.312 e. The summed E-state index contributed by atoms with van der Waals surface area (Å²) in [6.07, 6.45) is 2.72. The molecule has 1 N–H and O–H groups in total. The second-order valence-corrected chi connectivity index (χ2v) is 5.17. The highest BCUT2D eigenvalue weighted by Crippen LogP contribution is 2.25. The molecular formula is C13H13BrN4. The molecule has 0 radical (unpaired) electrons. The zero-order chi connectivity index (χ0) is 12.5. The molecule has 5 heteroatoms. The monoisotopic (exact) mass is 304 g/mol. The SMILES string of the molecule is Cc1nc(-c2ncccc2Br)nc2c1CNCC2. The second kappa shape index (κ2) is 4.74. The maximum atomic E-state index is 4.66. The van der Waals surface area contributed by atoms with E-state index < -0.39 is 0 Å². The maximum Gasteiger partial charge on any atom is 0.179 e. The maximum absolute atomic E-state index is 4.66. The first-order chi connectivity index (χ1) is 8.75. The van der Waals surface area contributed by atoms with Crippen LogP contribution in [-0.2, 0) is 13.0 Å². The number of halogens is 1. The van der Waals surface area contributed by atoms with Crippen molar-refractivity contribution in [1.29, 1.82) is 0 Å². The molecule has 0 spiro atoms. The third-order valence-corrected chi connectivity index (χ3v) is 3.75. The number of nitrogens with zero attached hydrogens (tertiary/aromatic N) is 3.